The molecule has 0 saturated carbocycles. The number of hydrogen-bond donors (Lipinski definition) is 2. The first-order valence-electron chi connectivity index (χ1n) is 7.07. The Morgan fingerprint density at radius 2 is 2.05 bits per heavy atom. The van der Waals surface area contributed by atoms with Gasteiger partial charge in [-0.2, -0.15) is 0 Å². The van der Waals surface area contributed by atoms with Crippen LogP contribution in [0.1, 0.15) is 30.6 Å². The molecule has 1 amide bonds. The summed E-state index contributed by atoms with van der Waals surface area (Å²) in [6.45, 7) is 4.98. The Bertz CT molecular complexity index is 659. The third-order valence-corrected chi connectivity index (χ3v) is 3.38. The van der Waals surface area contributed by atoms with Crippen LogP contribution in [0.15, 0.2) is 30.5 Å². The van der Waals surface area contributed by atoms with Crippen LogP contribution in [0.2, 0.25) is 0 Å². The van der Waals surface area contributed by atoms with Crippen molar-refractivity contribution in [3.8, 4) is 0 Å². The highest BCUT2D eigenvalue weighted by Gasteiger charge is 2.13. The lowest BCUT2D eigenvalue weighted by molar-refractivity contribution is -0.121. The van der Waals surface area contributed by atoms with E-state index in [0.717, 1.165) is 11.8 Å². The van der Waals surface area contributed by atoms with Crippen molar-refractivity contribution in [3.63, 3.8) is 0 Å². The number of carboxylic acid groups (broad SMARTS) is 1. The van der Waals surface area contributed by atoms with Crippen molar-refractivity contribution in [2.24, 2.45) is 5.92 Å². The van der Waals surface area contributed by atoms with Gasteiger partial charge in [0.25, 0.3) is 0 Å². The maximum absolute atomic E-state index is 11.9. The number of aromatic carboxylic acids is 1. The van der Waals surface area contributed by atoms with Crippen molar-refractivity contribution in [1.82, 2.24) is 9.88 Å². The van der Waals surface area contributed by atoms with Gasteiger partial charge in [0, 0.05) is 18.1 Å². The van der Waals surface area contributed by atoms with Gasteiger partial charge in [-0.25, -0.2) is 4.79 Å². The lowest BCUT2D eigenvalue weighted by Gasteiger charge is -2.10. The minimum absolute atomic E-state index is 0.103. The summed E-state index contributed by atoms with van der Waals surface area (Å²) in [5.41, 5.74) is 0.802. The van der Waals surface area contributed by atoms with Crippen LogP contribution in [0.3, 0.4) is 0 Å². The molecule has 1 aromatic heterocycles. The van der Waals surface area contributed by atoms with Crippen molar-refractivity contribution in [3.05, 3.63) is 36.0 Å². The number of hydrogen-bond acceptors (Lipinski definition) is 2. The number of carbonyl (C=O) groups excluding carboxylic acids is 1. The molecule has 0 bridgehead atoms. The molecule has 2 rings (SSSR count). The van der Waals surface area contributed by atoms with Crippen LogP contribution >= 0.6 is 0 Å². The maximum Gasteiger partial charge on any atom is 0.337 e. The molecule has 1 aromatic carbocycles. The first kappa shape index (κ1) is 15.1. The van der Waals surface area contributed by atoms with Crippen LogP contribution in [0.25, 0.3) is 10.9 Å². The highest BCUT2D eigenvalue weighted by atomic mass is 16.4. The van der Waals surface area contributed by atoms with Crippen molar-refractivity contribution in [1.29, 1.82) is 0 Å². The van der Waals surface area contributed by atoms with Gasteiger partial charge in [0.1, 0.15) is 6.54 Å². The van der Waals surface area contributed by atoms with Crippen molar-refractivity contribution in [2.75, 3.05) is 6.54 Å². The van der Waals surface area contributed by atoms with Gasteiger partial charge in [-0.1, -0.05) is 26.0 Å². The SMILES string of the molecule is CC(C)CCNC(=O)Cn1ccc2cccc(C(=O)O)c21. The van der Waals surface area contributed by atoms with E-state index in [9.17, 15) is 14.7 Å². The Labute approximate surface area is 123 Å². The van der Waals surface area contributed by atoms with Gasteiger partial charge < -0.3 is 15.0 Å². The standard InChI is InChI=1S/C16H20N2O3/c1-11(2)6-8-17-14(19)10-18-9-7-12-4-3-5-13(15(12)18)16(20)21/h3-5,7,9,11H,6,8,10H2,1-2H3,(H,17,19)(H,20,21). The van der Waals surface area contributed by atoms with Gasteiger partial charge in [-0.05, 0) is 24.5 Å². The quantitative estimate of drug-likeness (QED) is 0.858. The van der Waals surface area contributed by atoms with Crippen LogP contribution in [-0.2, 0) is 11.3 Å². The Morgan fingerprint density at radius 1 is 1.29 bits per heavy atom. The summed E-state index contributed by atoms with van der Waals surface area (Å²) < 4.78 is 1.68. The van der Waals surface area contributed by atoms with E-state index in [4.69, 9.17) is 0 Å². The summed E-state index contributed by atoms with van der Waals surface area (Å²) in [6, 6.07) is 6.93. The van der Waals surface area contributed by atoms with E-state index in [1.807, 2.05) is 12.1 Å². The molecule has 0 saturated heterocycles. The Balaban J connectivity index is 2.15. The highest BCUT2D eigenvalue weighted by molar-refractivity contribution is 6.02. The van der Waals surface area contributed by atoms with Gasteiger partial charge in [-0.3, -0.25) is 4.79 Å². The molecule has 21 heavy (non-hydrogen) atoms. The largest absolute Gasteiger partial charge is 0.478 e. The molecule has 5 heteroatoms. The Hall–Kier alpha value is -2.30. The molecule has 2 aromatic rings. The molecule has 0 fully saturated rings. The van der Waals surface area contributed by atoms with Crippen LogP contribution in [0.5, 0.6) is 0 Å². The van der Waals surface area contributed by atoms with Gasteiger partial charge in [0.2, 0.25) is 5.91 Å². The smallest absolute Gasteiger partial charge is 0.337 e. The number of carboxylic acids is 1. The third kappa shape index (κ3) is 3.62. The normalized spacial score (nSPS) is 11.0. The molecule has 0 aliphatic carbocycles. The Morgan fingerprint density at radius 3 is 2.71 bits per heavy atom. The number of para-hydroxylation sites is 1. The second kappa shape index (κ2) is 6.43. The molecule has 5 nitrogen and oxygen atoms in total. The second-order valence-corrected chi connectivity index (χ2v) is 5.52. The molecule has 112 valence electrons. The molecule has 0 atom stereocenters. The number of benzene rings is 1. The molecule has 1 heterocycles. The zero-order valence-electron chi connectivity index (χ0n) is 12.3. The fourth-order valence-corrected chi connectivity index (χ4v) is 2.28. The van der Waals surface area contributed by atoms with Crippen molar-refractivity contribution < 1.29 is 14.7 Å². The fourth-order valence-electron chi connectivity index (χ4n) is 2.28. The third-order valence-electron chi connectivity index (χ3n) is 3.38. The number of nitrogens with one attached hydrogen (secondary N) is 1. The van der Waals surface area contributed by atoms with Crippen molar-refractivity contribution >= 4 is 22.8 Å². The molecule has 0 aliphatic rings. The van der Waals surface area contributed by atoms with E-state index < -0.39 is 5.97 Å². The first-order chi connectivity index (χ1) is 9.99. The summed E-state index contributed by atoms with van der Waals surface area (Å²) in [5, 5.41) is 12.9. The second-order valence-electron chi connectivity index (χ2n) is 5.52. The summed E-state index contributed by atoms with van der Waals surface area (Å²) in [4.78, 5) is 23.2. The first-order valence-corrected chi connectivity index (χ1v) is 7.07. The van der Waals surface area contributed by atoms with E-state index in [-0.39, 0.29) is 18.0 Å². The van der Waals surface area contributed by atoms with E-state index in [0.29, 0.717) is 18.0 Å². The minimum Gasteiger partial charge on any atom is -0.478 e. The Kier molecular flexibility index (Phi) is 4.62. The average molecular weight is 288 g/mol. The van der Waals surface area contributed by atoms with Crippen LogP contribution in [0, 0.1) is 5.92 Å². The molecular weight excluding hydrogens is 268 g/mol. The fraction of sp³-hybridized carbons (Fsp3) is 0.375. The molecule has 0 spiro atoms. The van der Waals surface area contributed by atoms with Crippen LogP contribution in [-0.4, -0.2) is 28.1 Å². The molecule has 0 aliphatic heterocycles. The van der Waals surface area contributed by atoms with Crippen molar-refractivity contribution in [2.45, 2.75) is 26.8 Å². The summed E-state index contributed by atoms with van der Waals surface area (Å²) in [5.74, 6) is -0.551. The van der Waals surface area contributed by atoms with Crippen LogP contribution in [0.4, 0.5) is 0 Å². The zero-order chi connectivity index (χ0) is 15.4. The predicted octanol–water partition coefficient (Wildman–Crippen LogP) is 2.50. The predicted molar refractivity (Wildman–Crippen MR) is 81.4 cm³/mol. The zero-order valence-corrected chi connectivity index (χ0v) is 12.3. The number of fused-ring (bicyclic) bond motifs is 1. The summed E-state index contributed by atoms with van der Waals surface area (Å²) >= 11 is 0. The number of aromatic nitrogens is 1. The maximum atomic E-state index is 11.9. The minimum atomic E-state index is -0.985. The van der Waals surface area contributed by atoms with Crippen LogP contribution < -0.4 is 5.32 Å². The summed E-state index contributed by atoms with van der Waals surface area (Å²) in [7, 11) is 0. The van der Waals surface area contributed by atoms with Gasteiger partial charge >= 0.3 is 5.97 Å². The lowest BCUT2D eigenvalue weighted by Crippen LogP contribution is -2.29. The van der Waals surface area contributed by atoms with Gasteiger partial charge in [0.15, 0.2) is 0 Å². The van der Waals surface area contributed by atoms with E-state index in [2.05, 4.69) is 19.2 Å². The number of rotatable bonds is 6. The number of nitrogens with zero attached hydrogens (tertiary/aromatic N) is 1. The average Bonchev–Trinajstić information content (AvgIpc) is 2.81. The molecule has 2 N–H and O–H groups in total. The molecule has 0 radical (unpaired) electrons. The molecular formula is C16H20N2O3. The van der Waals surface area contributed by atoms with Gasteiger partial charge in [-0.15, -0.1) is 0 Å². The lowest BCUT2D eigenvalue weighted by atomic mass is 10.1. The molecule has 0 unspecified atom stereocenters. The van der Waals surface area contributed by atoms with E-state index in [1.165, 1.54) is 0 Å². The number of carbonyl (C=O) groups is 2. The van der Waals surface area contributed by atoms with E-state index >= 15 is 0 Å². The number of amides is 1. The van der Waals surface area contributed by atoms with E-state index in [1.54, 1.807) is 22.9 Å². The highest BCUT2D eigenvalue weighted by Crippen LogP contribution is 2.20. The topological polar surface area (TPSA) is 71.3 Å². The monoisotopic (exact) mass is 288 g/mol. The van der Waals surface area contributed by atoms with Gasteiger partial charge in [0.05, 0.1) is 11.1 Å². The summed E-state index contributed by atoms with van der Waals surface area (Å²) in [6.07, 6.45) is 2.68.